The molecule has 1 fully saturated rings. The molecule has 3 heterocycles. The van der Waals surface area contributed by atoms with E-state index < -0.39 is 11.8 Å². The lowest BCUT2D eigenvalue weighted by atomic mass is 10.0. The lowest BCUT2D eigenvalue weighted by molar-refractivity contribution is -0.143. The summed E-state index contributed by atoms with van der Waals surface area (Å²) >= 11 is 0. The molecule has 1 aromatic carbocycles. The van der Waals surface area contributed by atoms with E-state index in [1.54, 1.807) is 4.90 Å². The van der Waals surface area contributed by atoms with E-state index >= 15 is 0 Å². The summed E-state index contributed by atoms with van der Waals surface area (Å²) in [5, 5.41) is 11.6. The van der Waals surface area contributed by atoms with E-state index in [1.807, 2.05) is 24.3 Å². The van der Waals surface area contributed by atoms with Crippen LogP contribution >= 0.6 is 0 Å². The van der Waals surface area contributed by atoms with Gasteiger partial charge in [0.2, 0.25) is 0 Å². The number of aryl methyl sites for hydroxylation is 1. The Bertz CT molecular complexity index is 904. The molecule has 2 amide bonds. The van der Waals surface area contributed by atoms with E-state index in [9.17, 15) is 9.59 Å². The molecule has 1 aromatic heterocycles. The van der Waals surface area contributed by atoms with Crippen molar-refractivity contribution in [1.82, 2.24) is 19.7 Å². The number of aromatic nitrogens is 3. The fourth-order valence-electron chi connectivity index (χ4n) is 4.45. The molecule has 7 heteroatoms. The minimum Gasteiger partial charge on any atom is -0.324 e. The number of carbonyl (C=O) groups is 2. The second-order valence-corrected chi connectivity index (χ2v) is 8.29. The van der Waals surface area contributed by atoms with Crippen molar-refractivity contribution >= 4 is 17.5 Å². The summed E-state index contributed by atoms with van der Waals surface area (Å²) in [4.78, 5) is 27.5. The van der Waals surface area contributed by atoms with Crippen molar-refractivity contribution in [2.24, 2.45) is 0 Å². The predicted octanol–water partition coefficient (Wildman–Crippen LogP) is 3.43. The van der Waals surface area contributed by atoms with Crippen LogP contribution in [-0.4, -0.2) is 38.0 Å². The number of hydrogen-bond acceptors (Lipinski definition) is 4. The largest absolute Gasteiger partial charge is 0.324 e. The molecule has 154 valence electrons. The molecule has 0 spiro atoms. The quantitative estimate of drug-likeness (QED) is 0.808. The molecule has 29 heavy (non-hydrogen) atoms. The van der Waals surface area contributed by atoms with Gasteiger partial charge in [0.15, 0.2) is 5.82 Å². The van der Waals surface area contributed by atoms with Gasteiger partial charge in [0.1, 0.15) is 5.82 Å². The second-order valence-electron chi connectivity index (χ2n) is 8.29. The molecule has 2 aliphatic heterocycles. The molecule has 2 aliphatic rings. The van der Waals surface area contributed by atoms with Crippen LogP contribution in [0.4, 0.5) is 5.69 Å². The van der Waals surface area contributed by atoms with Crippen LogP contribution in [0.1, 0.15) is 75.1 Å². The van der Waals surface area contributed by atoms with E-state index in [4.69, 9.17) is 0 Å². The maximum Gasteiger partial charge on any atom is 0.313 e. The Hall–Kier alpha value is -2.70. The number of benzene rings is 1. The van der Waals surface area contributed by atoms with Crippen molar-refractivity contribution in [3.05, 3.63) is 41.5 Å². The van der Waals surface area contributed by atoms with Crippen molar-refractivity contribution in [3.63, 3.8) is 0 Å². The van der Waals surface area contributed by atoms with Gasteiger partial charge in [-0.2, -0.15) is 0 Å². The van der Waals surface area contributed by atoms with Gasteiger partial charge in [-0.3, -0.25) is 9.59 Å². The van der Waals surface area contributed by atoms with Crippen LogP contribution in [0.5, 0.6) is 0 Å². The Morgan fingerprint density at radius 3 is 2.72 bits per heavy atom. The Morgan fingerprint density at radius 2 is 1.90 bits per heavy atom. The first kappa shape index (κ1) is 19.6. The number of nitrogens with zero attached hydrogens (tertiary/aromatic N) is 4. The number of carbonyl (C=O) groups excluding carboxylic acids is 2. The van der Waals surface area contributed by atoms with Crippen LogP contribution in [0.2, 0.25) is 0 Å². The van der Waals surface area contributed by atoms with E-state index in [0.29, 0.717) is 12.2 Å². The fraction of sp³-hybridized carbons (Fsp3) is 0.545. The molecule has 0 saturated carbocycles. The van der Waals surface area contributed by atoms with Crippen LogP contribution in [-0.2, 0) is 22.6 Å². The van der Waals surface area contributed by atoms with Crippen LogP contribution in [0, 0.1) is 0 Å². The molecule has 7 nitrogen and oxygen atoms in total. The first-order valence-corrected chi connectivity index (χ1v) is 10.7. The Balaban J connectivity index is 1.53. The minimum absolute atomic E-state index is 0.173. The zero-order valence-electron chi connectivity index (χ0n) is 17.2. The van der Waals surface area contributed by atoms with E-state index in [0.717, 1.165) is 55.9 Å². The third-order valence-corrected chi connectivity index (χ3v) is 5.98. The van der Waals surface area contributed by atoms with Crippen molar-refractivity contribution in [1.29, 1.82) is 0 Å². The molecule has 0 bridgehead atoms. The van der Waals surface area contributed by atoms with Crippen LogP contribution < -0.4 is 5.32 Å². The number of rotatable bonds is 3. The summed E-state index contributed by atoms with van der Waals surface area (Å²) in [7, 11) is 0. The van der Waals surface area contributed by atoms with E-state index in [2.05, 4.69) is 33.9 Å². The molecule has 0 aliphatic carbocycles. The average molecular weight is 396 g/mol. The standard InChI is InChI=1S/C22H29N5O2/c1-15(2)16-9-5-6-10-17(16)23-21(28)22(29)26-14-8-11-18(26)20-25-24-19-12-4-3-7-13-27(19)20/h5-6,9-10,15,18H,3-4,7-8,11-14H2,1-2H3,(H,23,28)/t18-/m1/s1. The Morgan fingerprint density at radius 1 is 1.07 bits per heavy atom. The molecule has 4 rings (SSSR count). The molecular formula is C22H29N5O2. The maximum atomic E-state index is 13.0. The molecule has 0 radical (unpaired) electrons. The van der Waals surface area contributed by atoms with Crippen LogP contribution in [0.3, 0.4) is 0 Å². The number of anilines is 1. The zero-order chi connectivity index (χ0) is 20.4. The Kier molecular flexibility index (Phi) is 5.65. The SMILES string of the molecule is CC(C)c1ccccc1NC(=O)C(=O)N1CCC[C@@H]1c1nnc2n1CCCCC2. The highest BCUT2D eigenvalue weighted by molar-refractivity contribution is 6.39. The molecule has 0 unspecified atom stereocenters. The number of nitrogens with one attached hydrogen (secondary N) is 1. The molecule has 1 N–H and O–H groups in total. The van der Waals surface area contributed by atoms with Crippen molar-refractivity contribution in [3.8, 4) is 0 Å². The van der Waals surface area contributed by atoms with Gasteiger partial charge in [0, 0.05) is 25.2 Å². The van der Waals surface area contributed by atoms with Crippen molar-refractivity contribution in [2.75, 3.05) is 11.9 Å². The monoisotopic (exact) mass is 395 g/mol. The maximum absolute atomic E-state index is 13.0. The van der Waals surface area contributed by atoms with Gasteiger partial charge in [-0.25, -0.2) is 0 Å². The topological polar surface area (TPSA) is 80.1 Å². The minimum atomic E-state index is -0.583. The Labute approximate surface area is 171 Å². The van der Waals surface area contributed by atoms with E-state index in [-0.39, 0.29) is 12.0 Å². The number of amides is 2. The first-order valence-electron chi connectivity index (χ1n) is 10.7. The molecule has 1 saturated heterocycles. The van der Waals surface area contributed by atoms with Gasteiger partial charge >= 0.3 is 11.8 Å². The lowest BCUT2D eigenvalue weighted by Gasteiger charge is -2.24. The third kappa shape index (κ3) is 3.91. The summed E-state index contributed by atoms with van der Waals surface area (Å²) in [5.74, 6) is 1.03. The summed E-state index contributed by atoms with van der Waals surface area (Å²) in [6, 6.07) is 7.47. The highest BCUT2D eigenvalue weighted by Gasteiger charge is 2.37. The number of hydrogen-bond donors (Lipinski definition) is 1. The van der Waals surface area contributed by atoms with Crippen LogP contribution in [0.25, 0.3) is 0 Å². The van der Waals surface area contributed by atoms with Crippen molar-refractivity contribution in [2.45, 2.75) is 70.9 Å². The summed E-state index contributed by atoms with van der Waals surface area (Å²) in [6.07, 6.45) is 6.04. The van der Waals surface area contributed by atoms with Gasteiger partial charge in [-0.15, -0.1) is 10.2 Å². The molecule has 2 aromatic rings. The lowest BCUT2D eigenvalue weighted by Crippen LogP contribution is -2.40. The number of likely N-dealkylation sites (tertiary alicyclic amines) is 1. The van der Waals surface area contributed by atoms with Gasteiger partial charge < -0.3 is 14.8 Å². The van der Waals surface area contributed by atoms with Crippen LogP contribution in [0.15, 0.2) is 24.3 Å². The smallest absolute Gasteiger partial charge is 0.313 e. The summed E-state index contributed by atoms with van der Waals surface area (Å²) in [5.41, 5.74) is 1.72. The predicted molar refractivity (Wildman–Crippen MR) is 110 cm³/mol. The van der Waals surface area contributed by atoms with Gasteiger partial charge in [0.25, 0.3) is 0 Å². The van der Waals surface area contributed by atoms with Crippen molar-refractivity contribution < 1.29 is 9.59 Å². The zero-order valence-corrected chi connectivity index (χ0v) is 17.2. The van der Waals surface area contributed by atoms with Gasteiger partial charge in [-0.1, -0.05) is 38.5 Å². The number of para-hydroxylation sites is 1. The third-order valence-electron chi connectivity index (χ3n) is 5.98. The van der Waals surface area contributed by atoms with Gasteiger partial charge in [0.05, 0.1) is 6.04 Å². The highest BCUT2D eigenvalue weighted by Crippen LogP contribution is 2.33. The van der Waals surface area contributed by atoms with Gasteiger partial charge in [-0.05, 0) is 43.2 Å². The summed E-state index contributed by atoms with van der Waals surface area (Å²) in [6.45, 7) is 5.61. The average Bonchev–Trinajstić information content (AvgIpc) is 3.28. The second kappa shape index (κ2) is 8.35. The fourth-order valence-corrected chi connectivity index (χ4v) is 4.45. The normalized spacial score (nSPS) is 19.1. The molecular weight excluding hydrogens is 366 g/mol. The van der Waals surface area contributed by atoms with E-state index in [1.165, 1.54) is 6.42 Å². The highest BCUT2D eigenvalue weighted by atomic mass is 16.2. The first-order chi connectivity index (χ1) is 14.1. The summed E-state index contributed by atoms with van der Waals surface area (Å²) < 4.78 is 2.18. The number of fused-ring (bicyclic) bond motifs is 1. The molecule has 1 atom stereocenters.